The zero-order valence-electron chi connectivity index (χ0n) is 9.69. The van der Waals surface area contributed by atoms with Crippen molar-refractivity contribution in [3.8, 4) is 0 Å². The smallest absolute Gasteiger partial charge is 0.320 e. The van der Waals surface area contributed by atoms with Crippen molar-refractivity contribution in [2.75, 3.05) is 6.61 Å². The fourth-order valence-electron chi connectivity index (χ4n) is 1.94. The number of aliphatic carboxylic acids is 1. The Bertz CT molecular complexity index is 212. The SMILES string of the molecule is CC(C)C(NC(C)C1CCCO1)C(=O)O. The summed E-state index contributed by atoms with van der Waals surface area (Å²) in [7, 11) is 0. The van der Waals surface area contributed by atoms with Gasteiger partial charge in [-0.2, -0.15) is 0 Å². The zero-order chi connectivity index (χ0) is 11.4. The molecule has 1 rings (SSSR count). The largest absolute Gasteiger partial charge is 0.480 e. The summed E-state index contributed by atoms with van der Waals surface area (Å²) in [4.78, 5) is 11.0. The van der Waals surface area contributed by atoms with Gasteiger partial charge in [-0.3, -0.25) is 10.1 Å². The van der Waals surface area contributed by atoms with Gasteiger partial charge in [-0.15, -0.1) is 0 Å². The maximum Gasteiger partial charge on any atom is 0.320 e. The van der Waals surface area contributed by atoms with E-state index >= 15 is 0 Å². The summed E-state index contributed by atoms with van der Waals surface area (Å²) in [5.74, 6) is -0.693. The molecule has 0 aliphatic carbocycles. The van der Waals surface area contributed by atoms with Crippen molar-refractivity contribution in [2.24, 2.45) is 5.92 Å². The van der Waals surface area contributed by atoms with Crippen LogP contribution in [0, 0.1) is 5.92 Å². The van der Waals surface area contributed by atoms with E-state index < -0.39 is 12.0 Å². The molecule has 0 bridgehead atoms. The molecule has 3 unspecified atom stereocenters. The Hall–Kier alpha value is -0.610. The molecule has 1 heterocycles. The Balaban J connectivity index is 2.46. The Kier molecular flexibility index (Phi) is 4.54. The second kappa shape index (κ2) is 5.47. The molecular weight excluding hydrogens is 194 g/mol. The van der Waals surface area contributed by atoms with Crippen LogP contribution >= 0.6 is 0 Å². The van der Waals surface area contributed by atoms with Crippen molar-refractivity contribution in [1.82, 2.24) is 5.32 Å². The number of carbonyl (C=O) groups is 1. The van der Waals surface area contributed by atoms with Crippen LogP contribution in [-0.4, -0.2) is 35.9 Å². The quantitative estimate of drug-likeness (QED) is 0.724. The summed E-state index contributed by atoms with van der Waals surface area (Å²) in [6.45, 7) is 6.62. The monoisotopic (exact) mass is 215 g/mol. The molecule has 4 nitrogen and oxygen atoms in total. The summed E-state index contributed by atoms with van der Waals surface area (Å²) in [6, 6.07) is -0.375. The van der Waals surface area contributed by atoms with Crippen LogP contribution in [0.3, 0.4) is 0 Å². The number of nitrogens with one attached hydrogen (secondary N) is 1. The number of ether oxygens (including phenoxy) is 1. The first kappa shape index (κ1) is 12.5. The van der Waals surface area contributed by atoms with E-state index in [2.05, 4.69) is 5.32 Å². The molecule has 88 valence electrons. The third kappa shape index (κ3) is 3.47. The molecule has 3 atom stereocenters. The van der Waals surface area contributed by atoms with E-state index in [4.69, 9.17) is 9.84 Å². The number of rotatable bonds is 5. The van der Waals surface area contributed by atoms with E-state index in [9.17, 15) is 4.79 Å². The second-order valence-electron chi connectivity index (χ2n) is 4.57. The molecule has 4 heteroatoms. The molecule has 2 N–H and O–H groups in total. The van der Waals surface area contributed by atoms with Gasteiger partial charge in [0.1, 0.15) is 6.04 Å². The number of hydrogen-bond acceptors (Lipinski definition) is 3. The fourth-order valence-corrected chi connectivity index (χ4v) is 1.94. The minimum Gasteiger partial charge on any atom is -0.480 e. The van der Waals surface area contributed by atoms with Gasteiger partial charge in [-0.1, -0.05) is 13.8 Å². The van der Waals surface area contributed by atoms with Gasteiger partial charge in [0.2, 0.25) is 0 Å². The standard InChI is InChI=1S/C11H21NO3/c1-7(2)10(11(13)14)12-8(3)9-5-4-6-15-9/h7-10,12H,4-6H2,1-3H3,(H,13,14). The van der Waals surface area contributed by atoms with Gasteiger partial charge in [0.15, 0.2) is 0 Å². The lowest BCUT2D eigenvalue weighted by atomic mass is 10.0. The summed E-state index contributed by atoms with van der Waals surface area (Å²) < 4.78 is 5.52. The van der Waals surface area contributed by atoms with E-state index in [1.165, 1.54) is 0 Å². The van der Waals surface area contributed by atoms with Crippen LogP contribution in [0.5, 0.6) is 0 Å². The minimum atomic E-state index is -0.783. The molecule has 1 fully saturated rings. The summed E-state index contributed by atoms with van der Waals surface area (Å²) in [5, 5.41) is 12.2. The van der Waals surface area contributed by atoms with Gasteiger partial charge in [0.25, 0.3) is 0 Å². The van der Waals surface area contributed by atoms with Crippen LogP contribution in [0.1, 0.15) is 33.6 Å². The second-order valence-corrected chi connectivity index (χ2v) is 4.57. The Morgan fingerprint density at radius 3 is 2.53 bits per heavy atom. The van der Waals surface area contributed by atoms with Gasteiger partial charge >= 0.3 is 5.97 Å². The number of carboxylic acid groups (broad SMARTS) is 1. The van der Waals surface area contributed by atoms with Crippen LogP contribution in [-0.2, 0) is 9.53 Å². The van der Waals surface area contributed by atoms with Crippen LogP contribution in [0.4, 0.5) is 0 Å². The highest BCUT2D eigenvalue weighted by Gasteiger charge is 2.28. The first-order chi connectivity index (χ1) is 7.02. The molecule has 0 aromatic heterocycles. The Morgan fingerprint density at radius 1 is 1.47 bits per heavy atom. The number of carboxylic acids is 1. The highest BCUT2D eigenvalue weighted by atomic mass is 16.5. The van der Waals surface area contributed by atoms with Gasteiger partial charge in [-0.05, 0) is 25.7 Å². The molecule has 0 spiro atoms. The van der Waals surface area contributed by atoms with Gasteiger partial charge in [0, 0.05) is 12.6 Å². The van der Waals surface area contributed by atoms with Gasteiger partial charge < -0.3 is 9.84 Å². The van der Waals surface area contributed by atoms with E-state index in [1.54, 1.807) is 0 Å². The van der Waals surface area contributed by atoms with Crippen molar-refractivity contribution in [1.29, 1.82) is 0 Å². The predicted molar refractivity (Wildman–Crippen MR) is 57.8 cm³/mol. The van der Waals surface area contributed by atoms with Crippen LogP contribution in [0.25, 0.3) is 0 Å². The molecule has 0 aromatic rings. The molecule has 0 saturated carbocycles. The molecule has 0 aromatic carbocycles. The highest BCUT2D eigenvalue weighted by molar-refractivity contribution is 5.73. The Morgan fingerprint density at radius 2 is 2.13 bits per heavy atom. The highest BCUT2D eigenvalue weighted by Crippen LogP contribution is 2.16. The average molecular weight is 215 g/mol. The third-order valence-electron chi connectivity index (χ3n) is 2.90. The van der Waals surface area contributed by atoms with E-state index in [-0.39, 0.29) is 18.1 Å². The molecule has 1 saturated heterocycles. The van der Waals surface area contributed by atoms with Crippen molar-refractivity contribution in [3.63, 3.8) is 0 Å². The van der Waals surface area contributed by atoms with Gasteiger partial charge in [0.05, 0.1) is 6.10 Å². The van der Waals surface area contributed by atoms with E-state index in [0.29, 0.717) is 0 Å². The molecule has 1 aliphatic rings. The first-order valence-electron chi connectivity index (χ1n) is 5.63. The summed E-state index contributed by atoms with van der Waals surface area (Å²) >= 11 is 0. The van der Waals surface area contributed by atoms with Crippen molar-refractivity contribution in [2.45, 2.75) is 51.8 Å². The Labute approximate surface area is 91.0 Å². The van der Waals surface area contributed by atoms with Crippen LogP contribution < -0.4 is 5.32 Å². The molecule has 0 amide bonds. The van der Waals surface area contributed by atoms with E-state index in [0.717, 1.165) is 19.4 Å². The molecule has 1 aliphatic heterocycles. The van der Waals surface area contributed by atoms with Crippen molar-refractivity contribution in [3.05, 3.63) is 0 Å². The van der Waals surface area contributed by atoms with Crippen molar-refractivity contribution >= 4 is 5.97 Å². The maximum absolute atomic E-state index is 11.0. The topological polar surface area (TPSA) is 58.6 Å². The van der Waals surface area contributed by atoms with Crippen molar-refractivity contribution < 1.29 is 14.6 Å². The molecular formula is C11H21NO3. The van der Waals surface area contributed by atoms with Crippen LogP contribution in [0.15, 0.2) is 0 Å². The maximum atomic E-state index is 11.0. The normalized spacial score (nSPS) is 25.5. The lowest BCUT2D eigenvalue weighted by Gasteiger charge is -2.26. The van der Waals surface area contributed by atoms with E-state index in [1.807, 2.05) is 20.8 Å². The minimum absolute atomic E-state index is 0.0892. The zero-order valence-corrected chi connectivity index (χ0v) is 9.69. The fraction of sp³-hybridized carbons (Fsp3) is 0.909. The predicted octanol–water partition coefficient (Wildman–Crippen LogP) is 1.25. The number of hydrogen-bond donors (Lipinski definition) is 2. The van der Waals surface area contributed by atoms with Gasteiger partial charge in [-0.25, -0.2) is 0 Å². The molecule has 15 heavy (non-hydrogen) atoms. The molecule has 0 radical (unpaired) electrons. The summed E-state index contributed by atoms with van der Waals surface area (Å²) in [5.41, 5.74) is 0. The first-order valence-corrected chi connectivity index (χ1v) is 5.63. The third-order valence-corrected chi connectivity index (χ3v) is 2.90. The lowest BCUT2D eigenvalue weighted by Crippen LogP contribution is -2.49. The summed E-state index contributed by atoms with van der Waals surface area (Å²) in [6.07, 6.45) is 2.28. The average Bonchev–Trinajstić information content (AvgIpc) is 2.65. The lowest BCUT2D eigenvalue weighted by molar-refractivity contribution is -0.141. The van der Waals surface area contributed by atoms with Crippen LogP contribution in [0.2, 0.25) is 0 Å².